The molecule has 0 aliphatic carbocycles. The van der Waals surface area contributed by atoms with E-state index in [0.29, 0.717) is 25.7 Å². The number of likely N-dealkylation sites (N-methyl/N-ethyl adjacent to an activating group) is 1. The largest absolute Gasteiger partial charge is 0.481 e. The Hall–Kier alpha value is -1.14. The molecule has 0 aromatic carbocycles. The first-order valence-corrected chi connectivity index (χ1v) is 5.71. The second kappa shape index (κ2) is 8.03. The molecule has 0 fully saturated rings. The average molecular weight is 247 g/mol. The highest BCUT2D eigenvalue weighted by molar-refractivity contribution is 5.73. The van der Waals surface area contributed by atoms with Crippen LogP contribution in [-0.2, 0) is 9.59 Å². The summed E-state index contributed by atoms with van der Waals surface area (Å²) in [6.45, 7) is 1.51. The van der Waals surface area contributed by atoms with Gasteiger partial charge in [0.2, 0.25) is 0 Å². The number of carbonyl (C=O) groups is 2. The topological polar surface area (TPSA) is 98.1 Å². The van der Waals surface area contributed by atoms with Crippen LogP contribution in [0.2, 0.25) is 0 Å². The molecule has 6 nitrogen and oxygen atoms in total. The number of aliphatic hydroxyl groups is 1. The fourth-order valence-corrected chi connectivity index (χ4v) is 1.55. The fraction of sp³-hybridized carbons (Fsp3) is 0.818. The second-order valence-corrected chi connectivity index (χ2v) is 4.14. The van der Waals surface area contributed by atoms with E-state index in [4.69, 9.17) is 10.2 Å². The molecule has 0 heterocycles. The van der Waals surface area contributed by atoms with Crippen LogP contribution in [0.3, 0.4) is 0 Å². The number of aliphatic hydroxyl groups excluding tert-OH is 1. The normalized spacial score (nSPS) is 14.6. The molecule has 2 unspecified atom stereocenters. The van der Waals surface area contributed by atoms with Crippen LogP contribution >= 0.6 is 0 Å². The van der Waals surface area contributed by atoms with Gasteiger partial charge in [-0.05, 0) is 26.8 Å². The Morgan fingerprint density at radius 2 is 1.76 bits per heavy atom. The summed E-state index contributed by atoms with van der Waals surface area (Å²) in [5, 5.41) is 26.7. The molecule has 0 amide bonds. The highest BCUT2D eigenvalue weighted by Gasteiger charge is 2.24. The summed E-state index contributed by atoms with van der Waals surface area (Å²) in [6.07, 6.45) is 1.60. The number of hydrogen-bond acceptors (Lipinski definition) is 4. The maximum atomic E-state index is 11.0. The van der Waals surface area contributed by atoms with Gasteiger partial charge in [-0.25, -0.2) is 0 Å². The molecule has 0 aromatic rings. The minimum Gasteiger partial charge on any atom is -0.481 e. The summed E-state index contributed by atoms with van der Waals surface area (Å²) < 4.78 is 0. The zero-order valence-corrected chi connectivity index (χ0v) is 10.3. The molecule has 0 saturated heterocycles. The van der Waals surface area contributed by atoms with Crippen molar-refractivity contribution in [2.75, 3.05) is 7.05 Å². The number of aliphatic carboxylic acids is 2. The van der Waals surface area contributed by atoms with Gasteiger partial charge in [0.05, 0.1) is 0 Å². The quantitative estimate of drug-likeness (QED) is 0.411. The van der Waals surface area contributed by atoms with Crippen LogP contribution in [0.15, 0.2) is 0 Å². The highest BCUT2D eigenvalue weighted by Crippen LogP contribution is 2.12. The van der Waals surface area contributed by atoms with Crippen LogP contribution in [0, 0.1) is 0 Å². The molecular formula is C11H21NO5. The van der Waals surface area contributed by atoms with E-state index < -0.39 is 24.2 Å². The number of nitrogens with zero attached hydrogens (tertiary/aromatic N) is 1. The van der Waals surface area contributed by atoms with Crippen LogP contribution in [0.1, 0.15) is 39.0 Å². The smallest absolute Gasteiger partial charge is 0.320 e. The van der Waals surface area contributed by atoms with Gasteiger partial charge in [-0.15, -0.1) is 0 Å². The Morgan fingerprint density at radius 3 is 2.18 bits per heavy atom. The average Bonchev–Trinajstić information content (AvgIpc) is 2.21. The van der Waals surface area contributed by atoms with Crippen molar-refractivity contribution < 1.29 is 24.9 Å². The van der Waals surface area contributed by atoms with Gasteiger partial charge in [-0.2, -0.15) is 0 Å². The molecule has 0 bridgehead atoms. The summed E-state index contributed by atoms with van der Waals surface area (Å²) in [5.74, 6) is -1.80. The molecule has 17 heavy (non-hydrogen) atoms. The molecule has 100 valence electrons. The van der Waals surface area contributed by atoms with E-state index in [1.165, 1.54) is 11.8 Å². The predicted molar refractivity (Wildman–Crippen MR) is 61.6 cm³/mol. The standard InChI is InChI=1S/C11H21NO5/c1-8(13)12(2)9(11(16)17)6-4-3-5-7-10(14)15/h8-9,13H,3-7H2,1-2H3,(H,14,15)(H,16,17). The number of carboxylic acid groups (broad SMARTS) is 2. The van der Waals surface area contributed by atoms with Crippen molar-refractivity contribution in [3.05, 3.63) is 0 Å². The highest BCUT2D eigenvalue weighted by atomic mass is 16.4. The van der Waals surface area contributed by atoms with Gasteiger partial charge in [0.25, 0.3) is 0 Å². The van der Waals surface area contributed by atoms with Gasteiger partial charge in [0, 0.05) is 6.42 Å². The van der Waals surface area contributed by atoms with E-state index in [-0.39, 0.29) is 6.42 Å². The van der Waals surface area contributed by atoms with E-state index in [2.05, 4.69) is 0 Å². The van der Waals surface area contributed by atoms with Crippen molar-refractivity contribution in [3.8, 4) is 0 Å². The van der Waals surface area contributed by atoms with Crippen molar-refractivity contribution >= 4 is 11.9 Å². The lowest BCUT2D eigenvalue weighted by Gasteiger charge is -2.27. The van der Waals surface area contributed by atoms with Crippen LogP contribution in [0.5, 0.6) is 0 Å². The molecule has 0 aliphatic heterocycles. The van der Waals surface area contributed by atoms with Crippen molar-refractivity contribution in [3.63, 3.8) is 0 Å². The van der Waals surface area contributed by atoms with E-state index >= 15 is 0 Å². The Labute approximate surface area is 101 Å². The third-order valence-electron chi connectivity index (χ3n) is 2.73. The monoisotopic (exact) mass is 247 g/mol. The molecule has 0 rings (SSSR count). The first-order valence-electron chi connectivity index (χ1n) is 5.71. The van der Waals surface area contributed by atoms with Gasteiger partial charge in [-0.1, -0.05) is 12.8 Å². The van der Waals surface area contributed by atoms with E-state index in [9.17, 15) is 14.7 Å². The Balaban J connectivity index is 3.94. The molecule has 0 aromatic heterocycles. The molecule has 0 spiro atoms. The fourth-order valence-electron chi connectivity index (χ4n) is 1.55. The summed E-state index contributed by atoms with van der Waals surface area (Å²) in [6, 6.07) is -0.722. The molecule has 0 radical (unpaired) electrons. The van der Waals surface area contributed by atoms with Gasteiger partial charge in [0.1, 0.15) is 12.3 Å². The van der Waals surface area contributed by atoms with Crippen molar-refractivity contribution in [2.24, 2.45) is 0 Å². The van der Waals surface area contributed by atoms with Crippen molar-refractivity contribution in [2.45, 2.75) is 51.3 Å². The lowest BCUT2D eigenvalue weighted by atomic mass is 10.1. The van der Waals surface area contributed by atoms with Gasteiger partial charge < -0.3 is 15.3 Å². The van der Waals surface area contributed by atoms with Crippen molar-refractivity contribution in [1.82, 2.24) is 4.90 Å². The van der Waals surface area contributed by atoms with Crippen molar-refractivity contribution in [1.29, 1.82) is 0 Å². The molecular weight excluding hydrogens is 226 g/mol. The molecule has 3 N–H and O–H groups in total. The Morgan fingerprint density at radius 1 is 1.18 bits per heavy atom. The Kier molecular flexibility index (Phi) is 7.49. The minimum absolute atomic E-state index is 0.115. The summed E-state index contributed by atoms with van der Waals surface area (Å²) in [7, 11) is 1.56. The third kappa shape index (κ3) is 6.91. The van der Waals surface area contributed by atoms with Crippen LogP contribution in [-0.4, -0.2) is 51.5 Å². The van der Waals surface area contributed by atoms with E-state index in [1.54, 1.807) is 7.05 Å². The number of rotatable bonds is 9. The Bertz CT molecular complexity index is 254. The first kappa shape index (κ1) is 15.9. The molecule has 6 heteroatoms. The maximum absolute atomic E-state index is 11.0. The van der Waals surface area contributed by atoms with Gasteiger partial charge in [0.15, 0.2) is 0 Å². The molecule has 0 saturated carbocycles. The van der Waals surface area contributed by atoms with Crippen LogP contribution in [0.4, 0.5) is 0 Å². The third-order valence-corrected chi connectivity index (χ3v) is 2.73. The summed E-state index contributed by atoms with van der Waals surface area (Å²) in [4.78, 5) is 22.6. The molecule has 2 atom stereocenters. The SMILES string of the molecule is CC(O)N(C)C(CCCCCC(=O)O)C(=O)O. The van der Waals surface area contributed by atoms with Crippen LogP contribution < -0.4 is 0 Å². The summed E-state index contributed by atoms with van der Waals surface area (Å²) >= 11 is 0. The first-order chi connectivity index (χ1) is 7.86. The zero-order valence-electron chi connectivity index (χ0n) is 10.3. The number of carboxylic acids is 2. The van der Waals surface area contributed by atoms with Crippen LogP contribution in [0.25, 0.3) is 0 Å². The zero-order chi connectivity index (χ0) is 13.4. The van der Waals surface area contributed by atoms with E-state index in [0.717, 1.165) is 0 Å². The minimum atomic E-state index is -0.966. The second-order valence-electron chi connectivity index (χ2n) is 4.14. The molecule has 0 aliphatic rings. The number of hydrogen-bond donors (Lipinski definition) is 3. The van der Waals surface area contributed by atoms with E-state index in [1.807, 2.05) is 0 Å². The predicted octanol–water partition coefficient (Wildman–Crippen LogP) is 0.745. The lowest BCUT2D eigenvalue weighted by Crippen LogP contribution is -2.43. The number of unbranched alkanes of at least 4 members (excludes halogenated alkanes) is 2. The van der Waals surface area contributed by atoms with Gasteiger partial charge >= 0.3 is 11.9 Å². The maximum Gasteiger partial charge on any atom is 0.320 e. The summed E-state index contributed by atoms with van der Waals surface area (Å²) in [5.41, 5.74) is 0. The lowest BCUT2D eigenvalue weighted by molar-refractivity contribution is -0.147. The van der Waals surface area contributed by atoms with Gasteiger partial charge in [-0.3, -0.25) is 14.5 Å².